The summed E-state index contributed by atoms with van der Waals surface area (Å²) in [5, 5.41) is 2.66. The molecule has 1 aliphatic rings. The normalized spacial score (nSPS) is 14.3. The molecule has 1 unspecified atom stereocenters. The molecule has 27 heavy (non-hydrogen) atoms. The third-order valence-corrected chi connectivity index (χ3v) is 5.11. The summed E-state index contributed by atoms with van der Waals surface area (Å²) in [5.74, 6) is -0.646. The van der Waals surface area contributed by atoms with Crippen molar-refractivity contribution in [3.8, 4) is 0 Å². The quantitative estimate of drug-likeness (QED) is 0.793. The molecule has 0 spiro atoms. The van der Waals surface area contributed by atoms with Gasteiger partial charge in [-0.3, -0.25) is 14.4 Å². The Morgan fingerprint density at radius 1 is 1.07 bits per heavy atom. The fraction of sp³-hybridized carbons (Fsp3) is 0.318. The summed E-state index contributed by atoms with van der Waals surface area (Å²) in [7, 11) is 0. The van der Waals surface area contributed by atoms with E-state index in [1.54, 1.807) is 18.2 Å². The number of carbonyl (C=O) groups is 3. The fourth-order valence-electron chi connectivity index (χ4n) is 3.51. The van der Waals surface area contributed by atoms with Gasteiger partial charge in [0.25, 0.3) is 11.8 Å². The van der Waals surface area contributed by atoms with Crippen molar-refractivity contribution in [1.29, 1.82) is 0 Å². The van der Waals surface area contributed by atoms with E-state index in [9.17, 15) is 14.4 Å². The first-order chi connectivity index (χ1) is 12.9. The van der Waals surface area contributed by atoms with Gasteiger partial charge in [0, 0.05) is 12.6 Å². The van der Waals surface area contributed by atoms with E-state index >= 15 is 0 Å². The summed E-state index contributed by atoms with van der Waals surface area (Å²) in [5.41, 5.74) is 3.90. The van der Waals surface area contributed by atoms with Crippen LogP contribution in [0.3, 0.4) is 0 Å². The zero-order chi connectivity index (χ0) is 19.7. The molecule has 0 bridgehead atoms. The van der Waals surface area contributed by atoms with E-state index < -0.39 is 0 Å². The van der Waals surface area contributed by atoms with Crippen LogP contribution in [0.4, 0.5) is 11.4 Å². The highest BCUT2D eigenvalue weighted by molar-refractivity contribution is 6.35. The Labute approximate surface area is 159 Å². The number of anilines is 2. The Kier molecular flexibility index (Phi) is 5.13. The smallest absolute Gasteiger partial charge is 0.266 e. The average molecular weight is 364 g/mol. The molecule has 1 N–H and O–H groups in total. The van der Waals surface area contributed by atoms with E-state index in [-0.39, 0.29) is 23.6 Å². The number of aryl methyl sites for hydroxylation is 1. The number of imide groups is 1. The number of nitrogens with zero attached hydrogens (tertiary/aromatic N) is 1. The first kappa shape index (κ1) is 18.8. The van der Waals surface area contributed by atoms with Gasteiger partial charge in [-0.25, -0.2) is 4.90 Å². The van der Waals surface area contributed by atoms with Crippen molar-refractivity contribution in [2.24, 2.45) is 0 Å². The molecule has 0 fully saturated rings. The van der Waals surface area contributed by atoms with Gasteiger partial charge in [-0.1, -0.05) is 39.0 Å². The van der Waals surface area contributed by atoms with E-state index in [0.29, 0.717) is 22.5 Å². The Morgan fingerprint density at radius 3 is 2.41 bits per heavy atom. The van der Waals surface area contributed by atoms with Crippen LogP contribution < -0.4 is 10.2 Å². The van der Waals surface area contributed by atoms with Crippen molar-refractivity contribution in [2.45, 2.75) is 46.5 Å². The Hall–Kier alpha value is -2.95. The van der Waals surface area contributed by atoms with Gasteiger partial charge in [0.1, 0.15) is 0 Å². The second kappa shape index (κ2) is 7.35. The molecule has 0 aromatic heterocycles. The van der Waals surface area contributed by atoms with Crippen LogP contribution in [-0.2, 0) is 11.2 Å². The van der Waals surface area contributed by atoms with E-state index in [4.69, 9.17) is 0 Å². The van der Waals surface area contributed by atoms with E-state index in [1.807, 2.05) is 25.1 Å². The lowest BCUT2D eigenvalue weighted by molar-refractivity contribution is -0.114. The third kappa shape index (κ3) is 3.25. The number of amides is 3. The standard InChI is InChI=1S/C22H24N2O3/c1-5-13(3)17-9-7-8-15(6-2)20(17)24-21(26)18-11-10-16(23-14(4)25)12-19(18)22(24)27/h7-13H,5-6H2,1-4H3,(H,23,25). The van der Waals surface area contributed by atoms with Crippen molar-refractivity contribution >= 4 is 29.1 Å². The van der Waals surface area contributed by atoms with Gasteiger partial charge in [0.2, 0.25) is 5.91 Å². The van der Waals surface area contributed by atoms with Gasteiger partial charge in [0.15, 0.2) is 0 Å². The summed E-state index contributed by atoms with van der Waals surface area (Å²) in [6, 6.07) is 10.8. The lowest BCUT2D eigenvalue weighted by atomic mass is 9.93. The maximum Gasteiger partial charge on any atom is 0.266 e. The second-order valence-corrected chi connectivity index (χ2v) is 6.91. The minimum atomic E-state index is -0.340. The van der Waals surface area contributed by atoms with Gasteiger partial charge in [-0.15, -0.1) is 0 Å². The largest absolute Gasteiger partial charge is 0.326 e. The topological polar surface area (TPSA) is 66.5 Å². The highest BCUT2D eigenvalue weighted by Crippen LogP contribution is 2.38. The van der Waals surface area contributed by atoms with Crippen LogP contribution in [0.25, 0.3) is 0 Å². The molecule has 0 saturated carbocycles. The van der Waals surface area contributed by atoms with Crippen LogP contribution in [0.1, 0.15) is 71.9 Å². The molecule has 2 aromatic carbocycles. The molecule has 1 atom stereocenters. The predicted octanol–water partition coefficient (Wildman–Crippen LogP) is 4.52. The number of para-hydroxylation sites is 1. The SMILES string of the molecule is CCc1cccc(C(C)CC)c1N1C(=O)c2ccc(NC(C)=O)cc2C1=O. The van der Waals surface area contributed by atoms with Gasteiger partial charge in [-0.2, -0.15) is 0 Å². The van der Waals surface area contributed by atoms with Crippen molar-refractivity contribution in [2.75, 3.05) is 10.2 Å². The maximum absolute atomic E-state index is 13.2. The molecule has 3 amide bonds. The van der Waals surface area contributed by atoms with E-state index in [2.05, 4.69) is 19.2 Å². The Balaban J connectivity index is 2.13. The lowest BCUT2D eigenvalue weighted by Gasteiger charge is -2.24. The number of fused-ring (bicyclic) bond motifs is 1. The molecule has 3 rings (SSSR count). The van der Waals surface area contributed by atoms with Gasteiger partial charge < -0.3 is 5.32 Å². The molecule has 0 saturated heterocycles. The predicted molar refractivity (Wildman–Crippen MR) is 106 cm³/mol. The highest BCUT2D eigenvalue weighted by Gasteiger charge is 2.39. The minimum Gasteiger partial charge on any atom is -0.326 e. The van der Waals surface area contributed by atoms with Crippen LogP contribution >= 0.6 is 0 Å². The Bertz CT molecular complexity index is 933. The summed E-state index contributed by atoms with van der Waals surface area (Å²) in [4.78, 5) is 38.9. The molecule has 5 nitrogen and oxygen atoms in total. The van der Waals surface area contributed by atoms with Crippen LogP contribution in [0.15, 0.2) is 36.4 Å². The summed E-state index contributed by atoms with van der Waals surface area (Å²) < 4.78 is 0. The molecule has 0 aliphatic carbocycles. The average Bonchev–Trinajstić information content (AvgIpc) is 2.90. The summed E-state index contributed by atoms with van der Waals surface area (Å²) in [6.45, 7) is 7.62. The fourth-order valence-corrected chi connectivity index (χ4v) is 3.51. The molecule has 0 radical (unpaired) electrons. The summed E-state index contributed by atoms with van der Waals surface area (Å²) >= 11 is 0. The van der Waals surface area contributed by atoms with Crippen LogP contribution in [0.2, 0.25) is 0 Å². The third-order valence-electron chi connectivity index (χ3n) is 5.11. The maximum atomic E-state index is 13.2. The molecule has 5 heteroatoms. The number of rotatable bonds is 5. The van der Waals surface area contributed by atoms with Crippen molar-refractivity contribution in [3.05, 3.63) is 58.7 Å². The van der Waals surface area contributed by atoms with Gasteiger partial charge in [0.05, 0.1) is 16.8 Å². The highest BCUT2D eigenvalue weighted by atomic mass is 16.2. The number of benzene rings is 2. The number of hydrogen-bond donors (Lipinski definition) is 1. The van der Waals surface area contributed by atoms with Gasteiger partial charge >= 0.3 is 0 Å². The van der Waals surface area contributed by atoms with E-state index in [0.717, 1.165) is 24.0 Å². The number of hydrogen-bond acceptors (Lipinski definition) is 3. The van der Waals surface area contributed by atoms with Crippen LogP contribution in [-0.4, -0.2) is 17.7 Å². The number of carbonyl (C=O) groups excluding carboxylic acids is 3. The van der Waals surface area contributed by atoms with Crippen molar-refractivity contribution in [1.82, 2.24) is 0 Å². The van der Waals surface area contributed by atoms with Crippen molar-refractivity contribution < 1.29 is 14.4 Å². The second-order valence-electron chi connectivity index (χ2n) is 6.91. The van der Waals surface area contributed by atoms with Gasteiger partial charge in [-0.05, 0) is 48.1 Å². The zero-order valence-electron chi connectivity index (χ0n) is 16.1. The molecular weight excluding hydrogens is 340 g/mol. The molecule has 1 aliphatic heterocycles. The molecular formula is C22H24N2O3. The number of nitrogens with one attached hydrogen (secondary N) is 1. The minimum absolute atomic E-state index is 0.223. The molecule has 140 valence electrons. The monoisotopic (exact) mass is 364 g/mol. The summed E-state index contributed by atoms with van der Waals surface area (Å²) in [6.07, 6.45) is 1.64. The zero-order valence-corrected chi connectivity index (χ0v) is 16.1. The van der Waals surface area contributed by atoms with Crippen LogP contribution in [0.5, 0.6) is 0 Å². The first-order valence-electron chi connectivity index (χ1n) is 9.31. The lowest BCUT2D eigenvalue weighted by Crippen LogP contribution is -2.31. The van der Waals surface area contributed by atoms with Crippen molar-refractivity contribution in [3.63, 3.8) is 0 Å². The molecule has 1 heterocycles. The Morgan fingerprint density at radius 2 is 1.78 bits per heavy atom. The molecule has 2 aromatic rings. The first-order valence-corrected chi connectivity index (χ1v) is 9.31. The van der Waals surface area contributed by atoms with E-state index in [1.165, 1.54) is 11.8 Å². The van der Waals surface area contributed by atoms with Crippen LogP contribution in [0, 0.1) is 0 Å².